The van der Waals surface area contributed by atoms with Crippen molar-refractivity contribution in [1.82, 2.24) is 16.0 Å². The van der Waals surface area contributed by atoms with Crippen molar-refractivity contribution in [2.75, 3.05) is 6.54 Å². The molecule has 4 amide bonds. The van der Waals surface area contributed by atoms with Gasteiger partial charge in [0.15, 0.2) is 0 Å². The quantitative estimate of drug-likeness (QED) is 0.143. The van der Waals surface area contributed by atoms with Gasteiger partial charge in [0.05, 0.1) is 12.6 Å². The first-order valence-corrected chi connectivity index (χ1v) is 9.74. The SMILES string of the molecule is CCC(C)C(NC(=O)C(CCC(=O)O)NC(=O)CNC(=O)C(N)CCC(N)=O)C(=O)O. The zero-order chi connectivity index (χ0) is 24.1. The Labute approximate surface area is 179 Å². The largest absolute Gasteiger partial charge is 0.481 e. The fourth-order valence-corrected chi connectivity index (χ4v) is 2.45. The monoisotopic (exact) mass is 445 g/mol. The maximum atomic E-state index is 12.5. The summed E-state index contributed by atoms with van der Waals surface area (Å²) in [5.41, 5.74) is 10.5. The number of hydrogen-bond acceptors (Lipinski definition) is 7. The van der Waals surface area contributed by atoms with Crippen LogP contribution in [0.3, 0.4) is 0 Å². The van der Waals surface area contributed by atoms with E-state index in [0.717, 1.165) is 0 Å². The minimum atomic E-state index is -1.32. The summed E-state index contributed by atoms with van der Waals surface area (Å²) < 4.78 is 0. The number of carboxylic acids is 2. The van der Waals surface area contributed by atoms with Gasteiger partial charge in [-0.15, -0.1) is 0 Å². The molecule has 13 heteroatoms. The molecule has 0 spiro atoms. The molecule has 0 rings (SSSR count). The van der Waals surface area contributed by atoms with Crippen molar-refractivity contribution in [2.45, 2.75) is 64.1 Å². The minimum absolute atomic E-state index is 0.0153. The van der Waals surface area contributed by atoms with Gasteiger partial charge in [0.2, 0.25) is 23.6 Å². The number of nitrogens with two attached hydrogens (primary N) is 2. The highest BCUT2D eigenvalue weighted by Crippen LogP contribution is 2.09. The standard InChI is InChI=1S/C18H31N5O8/c1-3-9(2)15(18(30)31)23-17(29)11(5-7-14(26)27)22-13(25)8-21-16(28)10(19)4-6-12(20)24/h9-11,15H,3-8,19H2,1-2H3,(H2,20,24)(H,21,28)(H,22,25)(H,23,29)(H,26,27)(H,30,31). The highest BCUT2D eigenvalue weighted by atomic mass is 16.4. The smallest absolute Gasteiger partial charge is 0.326 e. The van der Waals surface area contributed by atoms with Crippen molar-refractivity contribution < 1.29 is 39.0 Å². The minimum Gasteiger partial charge on any atom is -0.481 e. The lowest BCUT2D eigenvalue weighted by Crippen LogP contribution is -2.55. The van der Waals surface area contributed by atoms with E-state index in [1.54, 1.807) is 13.8 Å². The molecule has 0 saturated carbocycles. The molecular weight excluding hydrogens is 414 g/mol. The Hall–Kier alpha value is -3.22. The number of amides is 4. The Morgan fingerprint density at radius 3 is 2.03 bits per heavy atom. The van der Waals surface area contributed by atoms with E-state index in [1.165, 1.54) is 0 Å². The fourth-order valence-electron chi connectivity index (χ4n) is 2.45. The average molecular weight is 445 g/mol. The van der Waals surface area contributed by atoms with E-state index >= 15 is 0 Å². The number of primary amides is 1. The van der Waals surface area contributed by atoms with E-state index in [4.69, 9.17) is 16.6 Å². The summed E-state index contributed by atoms with van der Waals surface area (Å²) in [5, 5.41) is 25.0. The lowest BCUT2D eigenvalue weighted by atomic mass is 9.98. The van der Waals surface area contributed by atoms with Gasteiger partial charge in [-0.1, -0.05) is 20.3 Å². The predicted molar refractivity (Wildman–Crippen MR) is 107 cm³/mol. The molecule has 0 aliphatic carbocycles. The second-order valence-electron chi connectivity index (χ2n) is 7.09. The zero-order valence-corrected chi connectivity index (χ0v) is 17.6. The molecule has 13 nitrogen and oxygen atoms in total. The van der Waals surface area contributed by atoms with Crippen LogP contribution in [0.5, 0.6) is 0 Å². The van der Waals surface area contributed by atoms with Gasteiger partial charge in [0, 0.05) is 12.8 Å². The van der Waals surface area contributed by atoms with Gasteiger partial charge in [0.1, 0.15) is 12.1 Å². The Balaban J connectivity index is 4.98. The highest BCUT2D eigenvalue weighted by molar-refractivity contribution is 5.92. The number of hydrogen-bond donors (Lipinski definition) is 7. The van der Waals surface area contributed by atoms with Gasteiger partial charge in [-0.2, -0.15) is 0 Å². The van der Waals surface area contributed by atoms with Crippen LogP contribution in [0.1, 0.15) is 46.0 Å². The number of aliphatic carboxylic acids is 2. The molecule has 0 aliphatic rings. The molecular formula is C18H31N5O8. The first-order valence-electron chi connectivity index (χ1n) is 9.74. The normalized spacial score (nSPS) is 14.4. The van der Waals surface area contributed by atoms with E-state index in [9.17, 15) is 33.9 Å². The molecule has 0 saturated heterocycles. The molecule has 176 valence electrons. The lowest BCUT2D eigenvalue weighted by molar-refractivity contribution is -0.144. The van der Waals surface area contributed by atoms with Gasteiger partial charge in [0.25, 0.3) is 0 Å². The van der Waals surface area contributed by atoms with Crippen molar-refractivity contribution in [3.63, 3.8) is 0 Å². The third-order valence-electron chi connectivity index (χ3n) is 4.54. The summed E-state index contributed by atoms with van der Waals surface area (Å²) in [7, 11) is 0. The summed E-state index contributed by atoms with van der Waals surface area (Å²) in [5.74, 6) is -5.89. The second-order valence-corrected chi connectivity index (χ2v) is 7.09. The van der Waals surface area contributed by atoms with Crippen molar-refractivity contribution in [2.24, 2.45) is 17.4 Å². The molecule has 0 aromatic rings. The molecule has 31 heavy (non-hydrogen) atoms. The van der Waals surface area contributed by atoms with Crippen LogP contribution >= 0.6 is 0 Å². The van der Waals surface area contributed by atoms with Crippen LogP contribution in [0, 0.1) is 5.92 Å². The lowest BCUT2D eigenvalue weighted by Gasteiger charge is -2.24. The van der Waals surface area contributed by atoms with Crippen LogP contribution in [-0.2, 0) is 28.8 Å². The van der Waals surface area contributed by atoms with Gasteiger partial charge < -0.3 is 37.6 Å². The van der Waals surface area contributed by atoms with Crippen LogP contribution < -0.4 is 27.4 Å². The summed E-state index contributed by atoms with van der Waals surface area (Å²) in [6.07, 6.45) is -0.404. The van der Waals surface area contributed by atoms with E-state index in [-0.39, 0.29) is 19.3 Å². The van der Waals surface area contributed by atoms with Gasteiger partial charge in [-0.05, 0) is 18.8 Å². The third kappa shape index (κ3) is 11.5. The van der Waals surface area contributed by atoms with Gasteiger partial charge in [-0.3, -0.25) is 24.0 Å². The number of carbonyl (C=O) groups excluding carboxylic acids is 4. The molecule has 0 bridgehead atoms. The molecule has 0 heterocycles. The Kier molecular flexibility index (Phi) is 12.5. The van der Waals surface area contributed by atoms with Gasteiger partial charge in [-0.25, -0.2) is 4.79 Å². The highest BCUT2D eigenvalue weighted by Gasteiger charge is 2.30. The number of carbonyl (C=O) groups is 6. The Morgan fingerprint density at radius 1 is 0.935 bits per heavy atom. The summed E-state index contributed by atoms with van der Waals surface area (Å²) in [6.45, 7) is 2.81. The molecule has 4 atom stereocenters. The fraction of sp³-hybridized carbons (Fsp3) is 0.667. The molecule has 0 fully saturated rings. The number of rotatable bonds is 15. The maximum Gasteiger partial charge on any atom is 0.326 e. The summed E-state index contributed by atoms with van der Waals surface area (Å²) in [4.78, 5) is 69.4. The number of nitrogens with one attached hydrogen (secondary N) is 3. The van der Waals surface area contributed by atoms with E-state index in [0.29, 0.717) is 6.42 Å². The van der Waals surface area contributed by atoms with Crippen LogP contribution in [0.25, 0.3) is 0 Å². The second kappa shape index (κ2) is 13.9. The Bertz CT molecular complexity index is 684. The molecule has 0 aromatic heterocycles. The first-order chi connectivity index (χ1) is 14.4. The van der Waals surface area contributed by atoms with E-state index in [1.807, 2.05) is 0 Å². The van der Waals surface area contributed by atoms with Crippen LogP contribution in [-0.4, -0.2) is 70.5 Å². The van der Waals surface area contributed by atoms with E-state index < -0.39 is 72.6 Å². The molecule has 0 aromatic carbocycles. The van der Waals surface area contributed by atoms with Crippen LogP contribution in [0.2, 0.25) is 0 Å². The molecule has 0 radical (unpaired) electrons. The predicted octanol–water partition coefficient (Wildman–Crippen LogP) is -2.34. The molecule has 4 unspecified atom stereocenters. The first kappa shape index (κ1) is 27.8. The van der Waals surface area contributed by atoms with E-state index in [2.05, 4.69) is 16.0 Å². The Morgan fingerprint density at radius 2 is 1.55 bits per heavy atom. The van der Waals surface area contributed by atoms with Crippen molar-refractivity contribution in [1.29, 1.82) is 0 Å². The van der Waals surface area contributed by atoms with Crippen LogP contribution in [0.15, 0.2) is 0 Å². The van der Waals surface area contributed by atoms with Crippen molar-refractivity contribution >= 4 is 35.6 Å². The number of carboxylic acid groups (broad SMARTS) is 2. The molecule has 9 N–H and O–H groups in total. The topological polar surface area (TPSA) is 231 Å². The average Bonchev–Trinajstić information content (AvgIpc) is 2.69. The summed E-state index contributed by atoms with van der Waals surface area (Å²) in [6, 6.07) is -3.61. The van der Waals surface area contributed by atoms with Gasteiger partial charge >= 0.3 is 11.9 Å². The molecule has 0 aliphatic heterocycles. The summed E-state index contributed by atoms with van der Waals surface area (Å²) >= 11 is 0. The zero-order valence-electron chi connectivity index (χ0n) is 17.6. The van der Waals surface area contributed by atoms with Crippen LogP contribution in [0.4, 0.5) is 0 Å². The third-order valence-corrected chi connectivity index (χ3v) is 4.54. The van der Waals surface area contributed by atoms with Crippen molar-refractivity contribution in [3.8, 4) is 0 Å². The maximum absolute atomic E-state index is 12.5. The van der Waals surface area contributed by atoms with Crippen molar-refractivity contribution in [3.05, 3.63) is 0 Å².